The number of nitrogens with zero attached hydrogens (tertiary/aromatic N) is 2. The maximum atomic E-state index is 11.9. The summed E-state index contributed by atoms with van der Waals surface area (Å²) in [4.78, 5) is 18.0. The first-order valence-corrected chi connectivity index (χ1v) is 10.4. The maximum absolute atomic E-state index is 11.9. The van der Waals surface area contributed by atoms with Crippen LogP contribution in [0.5, 0.6) is 5.75 Å². The van der Waals surface area contributed by atoms with E-state index in [1.807, 2.05) is 12.1 Å². The van der Waals surface area contributed by atoms with Gasteiger partial charge in [0.25, 0.3) is 0 Å². The summed E-state index contributed by atoms with van der Waals surface area (Å²) >= 11 is 0. The van der Waals surface area contributed by atoms with Crippen LogP contribution in [0.3, 0.4) is 0 Å². The van der Waals surface area contributed by atoms with Gasteiger partial charge in [0, 0.05) is 33.2 Å². The SMILES string of the molecule is CC(C)COc1ccc(C(C)NC(=NCC(=O)N(C)C)NCC2CCOC2)cc1.I. The minimum absolute atomic E-state index is 0. The summed E-state index contributed by atoms with van der Waals surface area (Å²) in [7, 11) is 3.47. The molecule has 2 N–H and O–H groups in total. The molecule has 1 heterocycles. The number of hydrogen-bond acceptors (Lipinski definition) is 4. The van der Waals surface area contributed by atoms with Crippen molar-refractivity contribution in [3.05, 3.63) is 29.8 Å². The zero-order valence-corrected chi connectivity index (χ0v) is 21.1. The molecule has 0 radical (unpaired) electrons. The molecular formula is C22H37IN4O3. The summed E-state index contributed by atoms with van der Waals surface area (Å²) in [5.74, 6) is 2.45. The van der Waals surface area contributed by atoms with Gasteiger partial charge < -0.3 is 25.0 Å². The number of carbonyl (C=O) groups is 1. The Kier molecular flexibility index (Phi) is 12.1. The lowest BCUT2D eigenvalue weighted by molar-refractivity contribution is -0.127. The highest BCUT2D eigenvalue weighted by atomic mass is 127. The van der Waals surface area contributed by atoms with Gasteiger partial charge in [-0.2, -0.15) is 0 Å². The molecule has 0 aromatic heterocycles. The van der Waals surface area contributed by atoms with Gasteiger partial charge >= 0.3 is 0 Å². The van der Waals surface area contributed by atoms with Crippen LogP contribution in [0.15, 0.2) is 29.3 Å². The Labute approximate surface area is 198 Å². The number of halogens is 1. The second-order valence-electron chi connectivity index (χ2n) is 8.20. The standard InChI is InChI=1S/C22H36N4O3.HI/c1-16(2)14-29-20-8-6-19(7-9-20)17(3)25-22(24-13-21(27)26(4)5)23-12-18-10-11-28-15-18;/h6-9,16-18H,10-15H2,1-5H3,(H2,23,24,25);1H. The second-order valence-corrected chi connectivity index (χ2v) is 8.20. The Morgan fingerprint density at radius 3 is 2.53 bits per heavy atom. The molecule has 1 aliphatic rings. The predicted molar refractivity (Wildman–Crippen MR) is 132 cm³/mol. The van der Waals surface area contributed by atoms with Crippen molar-refractivity contribution >= 4 is 35.8 Å². The molecule has 0 spiro atoms. The molecule has 30 heavy (non-hydrogen) atoms. The minimum Gasteiger partial charge on any atom is -0.493 e. The third-order valence-electron chi connectivity index (χ3n) is 4.77. The predicted octanol–water partition coefficient (Wildman–Crippen LogP) is 3.06. The van der Waals surface area contributed by atoms with Gasteiger partial charge in [-0.1, -0.05) is 26.0 Å². The molecule has 7 nitrogen and oxygen atoms in total. The van der Waals surface area contributed by atoms with E-state index in [-0.39, 0.29) is 42.5 Å². The fourth-order valence-corrected chi connectivity index (χ4v) is 2.83. The number of guanidine groups is 1. The first kappa shape index (κ1) is 26.5. The highest BCUT2D eigenvalue weighted by molar-refractivity contribution is 14.0. The number of aliphatic imine (C=N–C) groups is 1. The molecule has 2 rings (SSSR count). The number of amides is 1. The van der Waals surface area contributed by atoms with Gasteiger partial charge in [0.15, 0.2) is 5.96 Å². The lowest BCUT2D eigenvalue weighted by atomic mass is 10.1. The number of hydrogen-bond donors (Lipinski definition) is 2. The van der Waals surface area contributed by atoms with Crippen LogP contribution in [0, 0.1) is 11.8 Å². The van der Waals surface area contributed by atoms with Crippen LogP contribution in [-0.4, -0.2) is 63.8 Å². The first-order chi connectivity index (χ1) is 13.8. The van der Waals surface area contributed by atoms with Gasteiger partial charge in [-0.3, -0.25) is 4.79 Å². The fraction of sp³-hybridized carbons (Fsp3) is 0.636. The van der Waals surface area contributed by atoms with Crippen LogP contribution in [0.25, 0.3) is 0 Å². The van der Waals surface area contributed by atoms with Gasteiger partial charge in [0.05, 0.1) is 19.3 Å². The van der Waals surface area contributed by atoms with E-state index >= 15 is 0 Å². The maximum Gasteiger partial charge on any atom is 0.243 e. The van der Waals surface area contributed by atoms with Crippen LogP contribution in [0.4, 0.5) is 0 Å². The lowest BCUT2D eigenvalue weighted by Crippen LogP contribution is -2.42. The molecule has 2 unspecified atom stereocenters. The molecule has 2 atom stereocenters. The normalized spacial score (nSPS) is 17.3. The van der Waals surface area contributed by atoms with Gasteiger partial charge in [0.1, 0.15) is 12.3 Å². The van der Waals surface area contributed by atoms with Gasteiger partial charge in [0.2, 0.25) is 5.91 Å². The third kappa shape index (κ3) is 9.51. The van der Waals surface area contributed by atoms with Crippen molar-refractivity contribution in [3.63, 3.8) is 0 Å². The van der Waals surface area contributed by atoms with Crippen LogP contribution in [0.2, 0.25) is 0 Å². The molecule has 1 saturated heterocycles. The third-order valence-corrected chi connectivity index (χ3v) is 4.77. The Balaban J connectivity index is 0.00000450. The van der Waals surface area contributed by atoms with E-state index in [1.54, 1.807) is 19.0 Å². The molecule has 1 aliphatic heterocycles. The largest absolute Gasteiger partial charge is 0.493 e. The van der Waals surface area contributed by atoms with E-state index in [1.165, 1.54) is 0 Å². The Hall–Kier alpha value is -1.55. The monoisotopic (exact) mass is 532 g/mol. The van der Waals surface area contributed by atoms with Crippen LogP contribution in [-0.2, 0) is 9.53 Å². The number of likely N-dealkylation sites (N-methyl/N-ethyl adjacent to an activating group) is 1. The van der Waals surface area contributed by atoms with Gasteiger partial charge in [-0.15, -0.1) is 24.0 Å². The summed E-state index contributed by atoms with van der Waals surface area (Å²) < 4.78 is 11.2. The van der Waals surface area contributed by atoms with E-state index in [0.717, 1.165) is 37.5 Å². The molecule has 0 bridgehead atoms. The van der Waals surface area contributed by atoms with Crippen molar-refractivity contribution in [2.24, 2.45) is 16.8 Å². The summed E-state index contributed by atoms with van der Waals surface area (Å²) in [6.45, 7) is 9.51. The highest BCUT2D eigenvalue weighted by Crippen LogP contribution is 2.18. The highest BCUT2D eigenvalue weighted by Gasteiger charge is 2.17. The quantitative estimate of drug-likeness (QED) is 0.291. The number of rotatable bonds is 9. The Morgan fingerprint density at radius 1 is 1.27 bits per heavy atom. The summed E-state index contributed by atoms with van der Waals surface area (Å²) in [6.07, 6.45) is 1.05. The van der Waals surface area contributed by atoms with Crippen molar-refractivity contribution in [2.75, 3.05) is 47.0 Å². The molecule has 170 valence electrons. The second kappa shape index (κ2) is 13.7. The van der Waals surface area contributed by atoms with Crippen molar-refractivity contribution in [1.29, 1.82) is 0 Å². The Morgan fingerprint density at radius 2 is 1.97 bits per heavy atom. The topological polar surface area (TPSA) is 75.2 Å². The zero-order chi connectivity index (χ0) is 21.2. The zero-order valence-electron chi connectivity index (χ0n) is 18.8. The van der Waals surface area contributed by atoms with E-state index in [9.17, 15) is 4.79 Å². The van der Waals surface area contributed by atoms with Crippen LogP contribution >= 0.6 is 24.0 Å². The fourth-order valence-electron chi connectivity index (χ4n) is 2.83. The van der Waals surface area contributed by atoms with Crippen molar-refractivity contribution in [2.45, 2.75) is 33.2 Å². The average molecular weight is 532 g/mol. The van der Waals surface area contributed by atoms with Crippen LogP contribution < -0.4 is 15.4 Å². The number of ether oxygens (including phenoxy) is 2. The smallest absolute Gasteiger partial charge is 0.243 e. The minimum atomic E-state index is -0.0328. The van der Waals surface area contributed by atoms with E-state index in [2.05, 4.69) is 48.5 Å². The van der Waals surface area contributed by atoms with E-state index in [4.69, 9.17) is 9.47 Å². The summed E-state index contributed by atoms with van der Waals surface area (Å²) in [5, 5.41) is 6.77. The van der Waals surface area contributed by atoms with Crippen molar-refractivity contribution in [1.82, 2.24) is 15.5 Å². The van der Waals surface area contributed by atoms with E-state index in [0.29, 0.717) is 24.4 Å². The number of benzene rings is 1. The summed E-state index contributed by atoms with van der Waals surface area (Å²) in [5.41, 5.74) is 1.12. The molecule has 1 aromatic carbocycles. The number of nitrogens with one attached hydrogen (secondary N) is 2. The molecule has 1 amide bonds. The van der Waals surface area contributed by atoms with Crippen molar-refractivity contribution < 1.29 is 14.3 Å². The van der Waals surface area contributed by atoms with Gasteiger partial charge in [-0.05, 0) is 37.0 Å². The van der Waals surface area contributed by atoms with E-state index < -0.39 is 0 Å². The molecule has 1 aromatic rings. The van der Waals surface area contributed by atoms with Crippen LogP contribution in [0.1, 0.15) is 38.8 Å². The average Bonchev–Trinajstić information content (AvgIpc) is 3.22. The molecule has 0 aliphatic carbocycles. The van der Waals surface area contributed by atoms with Crippen molar-refractivity contribution in [3.8, 4) is 5.75 Å². The first-order valence-electron chi connectivity index (χ1n) is 10.4. The summed E-state index contributed by atoms with van der Waals surface area (Å²) in [6, 6.07) is 8.13. The van der Waals surface area contributed by atoms with Gasteiger partial charge in [-0.25, -0.2) is 4.99 Å². The lowest BCUT2D eigenvalue weighted by Gasteiger charge is -2.20. The molecule has 0 saturated carbocycles. The number of carbonyl (C=O) groups excluding carboxylic acids is 1. The molecular weight excluding hydrogens is 495 g/mol. The Bertz CT molecular complexity index is 659. The molecule has 1 fully saturated rings. The molecule has 8 heteroatoms.